The molecule has 0 N–H and O–H groups in total. The van der Waals surface area contributed by atoms with Gasteiger partial charge in [-0.3, -0.25) is 0 Å². The monoisotopic (exact) mass is 252 g/mol. The van der Waals surface area contributed by atoms with Crippen LogP contribution >= 0.6 is 0 Å². The molecule has 5 heteroatoms. The SMILES string of the molecule is c1ccc(COc2ccnc(-n3cccn3)n2)cc1. The quantitative estimate of drug-likeness (QED) is 0.714. The van der Waals surface area contributed by atoms with Crippen LogP contribution in [0, 0.1) is 0 Å². The van der Waals surface area contributed by atoms with Crippen LogP contribution in [0.15, 0.2) is 61.1 Å². The number of hydrogen-bond donors (Lipinski definition) is 0. The van der Waals surface area contributed by atoms with Gasteiger partial charge in [0.25, 0.3) is 5.95 Å². The van der Waals surface area contributed by atoms with Crippen LogP contribution in [0.2, 0.25) is 0 Å². The van der Waals surface area contributed by atoms with E-state index in [4.69, 9.17) is 4.74 Å². The molecule has 0 aliphatic rings. The van der Waals surface area contributed by atoms with E-state index in [1.165, 1.54) is 0 Å². The first-order valence-electron chi connectivity index (χ1n) is 5.91. The Balaban J connectivity index is 1.74. The summed E-state index contributed by atoms with van der Waals surface area (Å²) >= 11 is 0. The van der Waals surface area contributed by atoms with Crippen molar-refractivity contribution in [1.82, 2.24) is 19.7 Å². The lowest BCUT2D eigenvalue weighted by Gasteiger charge is -2.06. The standard InChI is InChI=1S/C14H12N4O/c1-2-5-12(6-3-1)11-19-13-7-9-15-14(17-13)18-10-4-8-16-18/h1-10H,11H2. The van der Waals surface area contributed by atoms with Crippen LogP contribution in [-0.4, -0.2) is 19.7 Å². The second-order valence-electron chi connectivity index (χ2n) is 3.92. The van der Waals surface area contributed by atoms with Gasteiger partial charge in [0.2, 0.25) is 5.88 Å². The Morgan fingerprint density at radius 1 is 1.00 bits per heavy atom. The Morgan fingerprint density at radius 2 is 1.89 bits per heavy atom. The van der Waals surface area contributed by atoms with Gasteiger partial charge in [-0.25, -0.2) is 9.67 Å². The van der Waals surface area contributed by atoms with E-state index >= 15 is 0 Å². The maximum Gasteiger partial charge on any atom is 0.253 e. The fraction of sp³-hybridized carbons (Fsp3) is 0.0714. The zero-order chi connectivity index (χ0) is 12.9. The van der Waals surface area contributed by atoms with Crippen molar-refractivity contribution in [2.24, 2.45) is 0 Å². The smallest absolute Gasteiger partial charge is 0.253 e. The first-order valence-corrected chi connectivity index (χ1v) is 5.91. The molecule has 0 fully saturated rings. The summed E-state index contributed by atoms with van der Waals surface area (Å²) in [5.41, 5.74) is 1.10. The zero-order valence-electron chi connectivity index (χ0n) is 10.2. The molecular formula is C14H12N4O. The fourth-order valence-corrected chi connectivity index (χ4v) is 1.64. The Hall–Kier alpha value is -2.69. The molecule has 19 heavy (non-hydrogen) atoms. The van der Waals surface area contributed by atoms with E-state index in [0.29, 0.717) is 18.4 Å². The summed E-state index contributed by atoms with van der Waals surface area (Å²) in [5.74, 6) is 1.03. The minimum Gasteiger partial charge on any atom is -0.473 e. The second kappa shape index (κ2) is 5.30. The van der Waals surface area contributed by atoms with Gasteiger partial charge in [-0.1, -0.05) is 30.3 Å². The van der Waals surface area contributed by atoms with Gasteiger partial charge < -0.3 is 4.74 Å². The molecule has 0 saturated heterocycles. The van der Waals surface area contributed by atoms with Gasteiger partial charge in [0.05, 0.1) is 0 Å². The van der Waals surface area contributed by atoms with E-state index in [1.54, 1.807) is 29.3 Å². The molecule has 0 spiro atoms. The molecule has 5 nitrogen and oxygen atoms in total. The summed E-state index contributed by atoms with van der Waals surface area (Å²) in [5, 5.41) is 4.08. The Bertz CT molecular complexity index is 638. The van der Waals surface area contributed by atoms with Crippen LogP contribution in [0.25, 0.3) is 5.95 Å². The highest BCUT2D eigenvalue weighted by Crippen LogP contribution is 2.10. The largest absolute Gasteiger partial charge is 0.473 e. The predicted octanol–water partition coefficient (Wildman–Crippen LogP) is 2.24. The lowest BCUT2D eigenvalue weighted by molar-refractivity contribution is 0.293. The summed E-state index contributed by atoms with van der Waals surface area (Å²) < 4.78 is 7.23. The molecule has 2 aromatic heterocycles. The molecule has 0 amide bonds. The highest BCUT2D eigenvalue weighted by molar-refractivity contribution is 5.18. The topological polar surface area (TPSA) is 52.8 Å². The molecule has 0 aliphatic carbocycles. The van der Waals surface area contributed by atoms with E-state index in [0.717, 1.165) is 5.56 Å². The Morgan fingerprint density at radius 3 is 2.68 bits per heavy atom. The van der Waals surface area contributed by atoms with Crippen LogP contribution in [0.5, 0.6) is 5.88 Å². The predicted molar refractivity (Wildman–Crippen MR) is 69.9 cm³/mol. The van der Waals surface area contributed by atoms with E-state index in [2.05, 4.69) is 15.1 Å². The van der Waals surface area contributed by atoms with Crippen molar-refractivity contribution in [3.63, 3.8) is 0 Å². The molecule has 3 aromatic rings. The van der Waals surface area contributed by atoms with Crippen LogP contribution < -0.4 is 4.74 Å². The molecular weight excluding hydrogens is 240 g/mol. The third kappa shape index (κ3) is 2.77. The third-order valence-corrected chi connectivity index (χ3v) is 2.56. The van der Waals surface area contributed by atoms with Crippen molar-refractivity contribution in [3.8, 4) is 11.8 Å². The second-order valence-corrected chi connectivity index (χ2v) is 3.92. The molecule has 94 valence electrons. The third-order valence-electron chi connectivity index (χ3n) is 2.56. The molecule has 0 radical (unpaired) electrons. The highest BCUT2D eigenvalue weighted by atomic mass is 16.5. The van der Waals surface area contributed by atoms with Crippen molar-refractivity contribution in [1.29, 1.82) is 0 Å². The first kappa shape index (κ1) is 11.4. The van der Waals surface area contributed by atoms with E-state index in [1.807, 2.05) is 36.4 Å². The van der Waals surface area contributed by atoms with Crippen LogP contribution in [0.3, 0.4) is 0 Å². The summed E-state index contributed by atoms with van der Waals surface area (Å²) in [7, 11) is 0. The van der Waals surface area contributed by atoms with E-state index in [9.17, 15) is 0 Å². The van der Waals surface area contributed by atoms with Crippen molar-refractivity contribution in [2.45, 2.75) is 6.61 Å². The van der Waals surface area contributed by atoms with E-state index < -0.39 is 0 Å². The summed E-state index contributed by atoms with van der Waals surface area (Å²) in [6, 6.07) is 13.5. The fourth-order valence-electron chi connectivity index (χ4n) is 1.64. The molecule has 0 atom stereocenters. The average Bonchev–Trinajstić information content (AvgIpc) is 3.01. The van der Waals surface area contributed by atoms with Crippen LogP contribution in [0.4, 0.5) is 0 Å². The first-order chi connectivity index (χ1) is 9.42. The molecule has 0 bridgehead atoms. The van der Waals surface area contributed by atoms with Crippen molar-refractivity contribution in [3.05, 3.63) is 66.6 Å². The minimum atomic E-state index is 0.483. The Kier molecular flexibility index (Phi) is 3.18. The van der Waals surface area contributed by atoms with Crippen LogP contribution in [0.1, 0.15) is 5.56 Å². The van der Waals surface area contributed by atoms with Crippen LogP contribution in [-0.2, 0) is 6.61 Å². The number of rotatable bonds is 4. The molecule has 3 rings (SSSR count). The van der Waals surface area contributed by atoms with Crippen molar-refractivity contribution < 1.29 is 4.74 Å². The maximum absolute atomic E-state index is 5.64. The number of benzene rings is 1. The van der Waals surface area contributed by atoms with Crippen molar-refractivity contribution >= 4 is 0 Å². The number of hydrogen-bond acceptors (Lipinski definition) is 4. The van der Waals surface area contributed by atoms with Gasteiger partial charge in [0, 0.05) is 24.7 Å². The van der Waals surface area contributed by atoms with Gasteiger partial charge in [0.15, 0.2) is 0 Å². The maximum atomic E-state index is 5.64. The normalized spacial score (nSPS) is 10.3. The number of aromatic nitrogens is 4. The summed E-state index contributed by atoms with van der Waals surface area (Å²) in [6.07, 6.45) is 5.13. The molecule has 0 aliphatic heterocycles. The molecule has 1 aromatic carbocycles. The molecule has 0 unspecified atom stereocenters. The number of ether oxygens (including phenoxy) is 1. The zero-order valence-corrected chi connectivity index (χ0v) is 10.2. The van der Waals surface area contributed by atoms with Gasteiger partial charge >= 0.3 is 0 Å². The van der Waals surface area contributed by atoms with Gasteiger partial charge in [-0.2, -0.15) is 10.1 Å². The van der Waals surface area contributed by atoms with E-state index in [-0.39, 0.29) is 0 Å². The lowest BCUT2D eigenvalue weighted by Crippen LogP contribution is -2.04. The van der Waals surface area contributed by atoms with Gasteiger partial charge in [-0.05, 0) is 11.6 Å². The molecule has 2 heterocycles. The molecule has 0 saturated carbocycles. The minimum absolute atomic E-state index is 0.483. The summed E-state index contributed by atoms with van der Waals surface area (Å²) in [6.45, 7) is 0.483. The number of nitrogens with zero attached hydrogens (tertiary/aromatic N) is 4. The lowest BCUT2D eigenvalue weighted by atomic mass is 10.2. The highest BCUT2D eigenvalue weighted by Gasteiger charge is 2.02. The van der Waals surface area contributed by atoms with Gasteiger partial charge in [-0.15, -0.1) is 0 Å². The summed E-state index contributed by atoms with van der Waals surface area (Å²) in [4.78, 5) is 8.44. The Labute approximate surface area is 110 Å². The van der Waals surface area contributed by atoms with Crippen molar-refractivity contribution in [2.75, 3.05) is 0 Å². The van der Waals surface area contributed by atoms with Gasteiger partial charge in [0.1, 0.15) is 6.61 Å². The average molecular weight is 252 g/mol.